The zero-order valence-electron chi connectivity index (χ0n) is 5.67. The smallest absolute Gasteiger partial charge is 0.0918 e. The molecular weight excluding hydrogens is 112 g/mol. The molecule has 0 amide bonds. The summed E-state index contributed by atoms with van der Waals surface area (Å²) in [6.45, 7) is 5.51. The summed E-state index contributed by atoms with van der Waals surface area (Å²) in [5.74, 6) is 0. The van der Waals surface area contributed by atoms with Gasteiger partial charge in [-0.25, -0.2) is 4.99 Å². The van der Waals surface area contributed by atoms with Crippen molar-refractivity contribution in [1.82, 2.24) is 5.32 Å². The van der Waals surface area contributed by atoms with E-state index in [1.807, 2.05) is 6.08 Å². The molecule has 0 atom stereocenters. The maximum Gasteiger partial charge on any atom is 0.0918 e. The molecule has 0 rings (SSSR count). The number of nitrogens with zero attached hydrogens (tertiary/aromatic N) is 1. The summed E-state index contributed by atoms with van der Waals surface area (Å²) in [4.78, 5) is 3.86. The van der Waals surface area contributed by atoms with Gasteiger partial charge in [-0.1, -0.05) is 19.6 Å². The van der Waals surface area contributed by atoms with Crippen molar-refractivity contribution in [3.05, 3.63) is 25.1 Å². The summed E-state index contributed by atoms with van der Waals surface area (Å²) in [7, 11) is 0. The fourth-order valence-corrected chi connectivity index (χ4v) is 0.305. The van der Waals surface area contributed by atoms with E-state index in [4.69, 9.17) is 0 Å². The van der Waals surface area contributed by atoms with E-state index < -0.39 is 0 Å². The molecule has 0 fully saturated rings. The third-order valence-electron chi connectivity index (χ3n) is 0.694. The van der Waals surface area contributed by atoms with Crippen LogP contribution in [0.25, 0.3) is 0 Å². The van der Waals surface area contributed by atoms with Crippen LogP contribution in [-0.2, 0) is 0 Å². The highest BCUT2D eigenvalue weighted by Crippen LogP contribution is 1.77. The molecule has 0 aromatic carbocycles. The number of aliphatic imine (C=N–C) groups is 1. The second-order valence-corrected chi connectivity index (χ2v) is 1.44. The molecular formula is C7H12N2. The van der Waals surface area contributed by atoms with Gasteiger partial charge in [0.2, 0.25) is 0 Å². The van der Waals surface area contributed by atoms with Crippen molar-refractivity contribution in [2.75, 3.05) is 0 Å². The van der Waals surface area contributed by atoms with E-state index in [2.05, 4.69) is 23.8 Å². The van der Waals surface area contributed by atoms with Crippen molar-refractivity contribution in [1.29, 1.82) is 0 Å². The molecule has 0 aliphatic heterocycles. The quantitative estimate of drug-likeness (QED) is 0.447. The van der Waals surface area contributed by atoms with Crippen LogP contribution in [-0.4, -0.2) is 6.34 Å². The summed E-state index contributed by atoms with van der Waals surface area (Å²) in [6.07, 6.45) is 7.89. The average molecular weight is 124 g/mol. The second-order valence-electron chi connectivity index (χ2n) is 1.44. The lowest BCUT2D eigenvalue weighted by atomic mass is 10.5. The molecule has 0 heterocycles. The minimum absolute atomic E-state index is 1.02. The largest absolute Gasteiger partial charge is 0.353 e. The van der Waals surface area contributed by atoms with E-state index >= 15 is 0 Å². The predicted molar refractivity (Wildman–Crippen MR) is 41.3 cm³/mol. The molecule has 0 spiro atoms. The minimum Gasteiger partial charge on any atom is -0.353 e. The Labute approximate surface area is 56.0 Å². The molecule has 2 heteroatoms. The van der Waals surface area contributed by atoms with E-state index in [1.165, 1.54) is 0 Å². The average Bonchev–Trinajstić information content (AvgIpc) is 1.89. The van der Waals surface area contributed by atoms with E-state index in [1.54, 1.807) is 18.7 Å². The van der Waals surface area contributed by atoms with Gasteiger partial charge in [-0.2, -0.15) is 0 Å². The lowest BCUT2D eigenvalue weighted by Gasteiger charge is -1.81. The molecule has 0 radical (unpaired) electrons. The number of rotatable bonds is 4. The van der Waals surface area contributed by atoms with Crippen LogP contribution in [0.5, 0.6) is 0 Å². The Balaban J connectivity index is 3.23. The summed E-state index contributed by atoms with van der Waals surface area (Å²) in [6, 6.07) is 0. The van der Waals surface area contributed by atoms with Crippen LogP contribution in [0, 0.1) is 0 Å². The van der Waals surface area contributed by atoms with Crippen LogP contribution in [0.4, 0.5) is 0 Å². The molecule has 0 aromatic rings. The van der Waals surface area contributed by atoms with Gasteiger partial charge in [0.05, 0.1) is 6.34 Å². The fraction of sp³-hybridized carbons (Fsp3) is 0.286. The topological polar surface area (TPSA) is 24.4 Å². The molecule has 0 aliphatic rings. The second kappa shape index (κ2) is 6.95. The summed E-state index contributed by atoms with van der Waals surface area (Å²) >= 11 is 0. The van der Waals surface area contributed by atoms with Crippen LogP contribution < -0.4 is 5.32 Å². The molecule has 1 N–H and O–H groups in total. The van der Waals surface area contributed by atoms with Crippen molar-refractivity contribution in [2.45, 2.75) is 13.3 Å². The highest BCUT2D eigenvalue weighted by Gasteiger charge is 1.61. The highest BCUT2D eigenvalue weighted by molar-refractivity contribution is 5.56. The number of hydrogen-bond donors (Lipinski definition) is 1. The minimum atomic E-state index is 1.02. The van der Waals surface area contributed by atoms with Gasteiger partial charge in [0.1, 0.15) is 0 Å². The fourth-order valence-electron chi connectivity index (χ4n) is 0.305. The van der Waals surface area contributed by atoms with E-state index in [-0.39, 0.29) is 0 Å². The van der Waals surface area contributed by atoms with Gasteiger partial charge in [0.15, 0.2) is 0 Å². The Morgan fingerprint density at radius 1 is 1.67 bits per heavy atom. The van der Waals surface area contributed by atoms with Crippen molar-refractivity contribution in [3.63, 3.8) is 0 Å². The Morgan fingerprint density at radius 2 is 2.44 bits per heavy atom. The van der Waals surface area contributed by atoms with E-state index in [9.17, 15) is 0 Å². The van der Waals surface area contributed by atoms with Crippen LogP contribution in [0.3, 0.4) is 0 Å². The molecule has 0 saturated carbocycles. The third-order valence-corrected chi connectivity index (χ3v) is 0.694. The van der Waals surface area contributed by atoms with Gasteiger partial charge in [-0.3, -0.25) is 0 Å². The first-order chi connectivity index (χ1) is 4.41. The van der Waals surface area contributed by atoms with Crippen LogP contribution in [0.1, 0.15) is 13.3 Å². The monoisotopic (exact) mass is 124 g/mol. The molecule has 2 nitrogen and oxygen atoms in total. The van der Waals surface area contributed by atoms with Gasteiger partial charge >= 0.3 is 0 Å². The van der Waals surface area contributed by atoms with Crippen molar-refractivity contribution >= 4 is 6.34 Å². The number of nitrogens with one attached hydrogen (secondary N) is 1. The molecule has 50 valence electrons. The first-order valence-corrected chi connectivity index (χ1v) is 2.95. The molecule has 0 unspecified atom stereocenters. The van der Waals surface area contributed by atoms with Crippen molar-refractivity contribution in [2.24, 2.45) is 4.99 Å². The number of allylic oxidation sites excluding steroid dienone is 1. The molecule has 0 aromatic heterocycles. The Hall–Kier alpha value is -1.05. The molecule has 9 heavy (non-hydrogen) atoms. The van der Waals surface area contributed by atoms with Crippen molar-refractivity contribution in [3.8, 4) is 0 Å². The summed E-state index contributed by atoms with van der Waals surface area (Å²) in [5, 5.41) is 2.73. The first-order valence-electron chi connectivity index (χ1n) is 2.95. The van der Waals surface area contributed by atoms with Crippen molar-refractivity contribution < 1.29 is 0 Å². The zero-order valence-corrected chi connectivity index (χ0v) is 5.67. The Bertz CT molecular complexity index is 114. The maximum atomic E-state index is 3.86. The summed E-state index contributed by atoms with van der Waals surface area (Å²) < 4.78 is 0. The Kier molecular flexibility index (Phi) is 6.14. The molecule has 0 aliphatic carbocycles. The van der Waals surface area contributed by atoms with Gasteiger partial charge in [-0.15, -0.1) is 0 Å². The number of hydrogen-bond acceptors (Lipinski definition) is 1. The van der Waals surface area contributed by atoms with E-state index in [0.29, 0.717) is 0 Å². The Morgan fingerprint density at radius 3 is 3.00 bits per heavy atom. The normalized spacial score (nSPS) is 10.8. The molecule has 0 bridgehead atoms. The lowest BCUT2D eigenvalue weighted by Crippen LogP contribution is -1.97. The van der Waals surface area contributed by atoms with Gasteiger partial charge < -0.3 is 5.32 Å². The highest BCUT2D eigenvalue weighted by atomic mass is 14.9. The SMILES string of the molecule is C=CNC=N/C=C/CC. The molecule has 0 saturated heterocycles. The van der Waals surface area contributed by atoms with Crippen LogP contribution in [0.2, 0.25) is 0 Å². The lowest BCUT2D eigenvalue weighted by molar-refractivity contribution is 1.21. The maximum absolute atomic E-state index is 3.86. The van der Waals surface area contributed by atoms with Crippen LogP contribution in [0.15, 0.2) is 30.0 Å². The zero-order chi connectivity index (χ0) is 6.95. The van der Waals surface area contributed by atoms with Crippen LogP contribution >= 0.6 is 0 Å². The first kappa shape index (κ1) is 7.95. The van der Waals surface area contributed by atoms with Gasteiger partial charge in [0, 0.05) is 6.20 Å². The van der Waals surface area contributed by atoms with Gasteiger partial charge in [0.25, 0.3) is 0 Å². The summed E-state index contributed by atoms with van der Waals surface area (Å²) in [5.41, 5.74) is 0. The van der Waals surface area contributed by atoms with E-state index in [0.717, 1.165) is 6.42 Å². The van der Waals surface area contributed by atoms with Gasteiger partial charge in [-0.05, 0) is 12.6 Å². The standard InChI is InChI=1S/C7H12N2/c1-3-5-6-9-7-8-4-2/h4-7H,2-3H2,1H3,(H,8,9)/b6-5+. The third kappa shape index (κ3) is 6.95. The predicted octanol–water partition coefficient (Wildman–Crippen LogP) is 1.67.